The average Bonchev–Trinajstić information content (AvgIpc) is 3.01. The molecular weight excluding hydrogens is 676 g/mol. The van der Waals surface area contributed by atoms with Gasteiger partial charge in [-0.05, 0) is 26.9 Å². The minimum atomic E-state index is -5.99. The van der Waals surface area contributed by atoms with E-state index in [4.69, 9.17) is 4.65 Å². The summed E-state index contributed by atoms with van der Waals surface area (Å²) in [6.07, 6.45) is -6.51. The molecule has 0 bridgehead atoms. The van der Waals surface area contributed by atoms with E-state index < -0.39 is 123 Å². The van der Waals surface area contributed by atoms with Gasteiger partial charge >= 0.3 is 0 Å². The van der Waals surface area contributed by atoms with Crippen LogP contribution in [0.5, 0.6) is 0 Å². The highest BCUT2D eigenvalue weighted by Crippen LogP contribution is 2.29. The van der Waals surface area contributed by atoms with Crippen LogP contribution in [0.4, 0.5) is 65.9 Å². The molecule has 47 heavy (non-hydrogen) atoms. The fourth-order valence-corrected chi connectivity index (χ4v) is 5.10. The lowest BCUT2D eigenvalue weighted by molar-refractivity contribution is -0.890. The van der Waals surface area contributed by atoms with Gasteiger partial charge in [0, 0.05) is 13.2 Å². The Hall–Kier alpha value is -3.45. The molecule has 0 aliphatic rings. The van der Waals surface area contributed by atoms with Crippen molar-refractivity contribution in [3.63, 3.8) is 0 Å². The molecule has 3 aromatic rings. The predicted octanol–water partition coefficient (Wildman–Crippen LogP) is 5.17. The first-order valence-electron chi connectivity index (χ1n) is 13.5. The number of quaternary nitrogens is 1. The van der Waals surface area contributed by atoms with Gasteiger partial charge in [-0.25, -0.2) is 65.9 Å². The van der Waals surface area contributed by atoms with Crippen molar-refractivity contribution in [1.82, 2.24) is 4.90 Å². The number of rotatable bonds is 12. The van der Waals surface area contributed by atoms with E-state index in [0.717, 1.165) is 0 Å². The summed E-state index contributed by atoms with van der Waals surface area (Å²) in [6, 6.07) is 0. The Kier molecular flexibility index (Phi) is 11.3. The van der Waals surface area contributed by atoms with Crippen molar-refractivity contribution in [3.8, 4) is 0 Å². The van der Waals surface area contributed by atoms with Gasteiger partial charge in [-0.15, -0.1) is 0 Å². The third kappa shape index (κ3) is 6.65. The summed E-state index contributed by atoms with van der Waals surface area (Å²) < 4.78 is 227. The molecule has 3 aromatic carbocycles. The van der Waals surface area contributed by atoms with E-state index in [1.165, 1.54) is 0 Å². The van der Waals surface area contributed by atoms with Gasteiger partial charge < -0.3 is 14.0 Å². The number of likely N-dealkylation sites (N-methyl/N-ethyl adjacent to an activating group) is 2. The molecule has 0 aliphatic heterocycles. The van der Waals surface area contributed by atoms with E-state index in [-0.39, 0.29) is 17.4 Å². The molecule has 0 N–H and O–H groups in total. The first kappa shape index (κ1) is 38.0. The van der Waals surface area contributed by atoms with Crippen LogP contribution < -0.4 is 16.4 Å². The maximum atomic E-state index is 15.4. The second-order valence-corrected chi connectivity index (χ2v) is 11.5. The van der Waals surface area contributed by atoms with Crippen molar-refractivity contribution in [2.45, 2.75) is 12.8 Å². The van der Waals surface area contributed by atoms with Gasteiger partial charge in [-0.2, -0.15) is 0 Å². The monoisotopic (exact) mass is 700 g/mol. The van der Waals surface area contributed by atoms with Crippen LogP contribution in [-0.4, -0.2) is 70.2 Å². The Bertz CT molecular complexity index is 1440. The van der Waals surface area contributed by atoms with Gasteiger partial charge in [-0.1, -0.05) is 16.4 Å². The van der Waals surface area contributed by atoms with Crippen molar-refractivity contribution in [1.29, 1.82) is 0 Å². The lowest BCUT2D eigenvalue weighted by Crippen LogP contribution is -2.75. The highest BCUT2D eigenvalue weighted by Gasteiger charge is 2.49. The molecule has 0 radical (unpaired) electrons. The SMILES string of the molecule is CN(C)CC[N+](C)(C)CCCCO[B-](c1c(F)c(F)c(F)c(F)c1F)(c1c(F)c(F)c(F)c(F)c1F)c1c(F)c(F)c(F)c(F)c1F. The number of hydrogen-bond acceptors (Lipinski definition) is 2. The Labute approximate surface area is 257 Å². The number of unbranched alkanes of at least 4 members (excludes halogenated alkanes) is 1. The normalized spacial score (nSPS) is 12.5. The van der Waals surface area contributed by atoms with Crippen LogP contribution in [0, 0.1) is 87.3 Å². The lowest BCUT2D eigenvalue weighted by atomic mass is 9.27. The van der Waals surface area contributed by atoms with Crippen LogP contribution in [0.1, 0.15) is 12.8 Å². The fraction of sp³-hybridized carbons (Fsp3) is 0.357. The predicted molar refractivity (Wildman–Crippen MR) is 139 cm³/mol. The second-order valence-electron chi connectivity index (χ2n) is 11.5. The van der Waals surface area contributed by atoms with Gasteiger partial charge in [-0.3, -0.25) is 0 Å². The molecule has 3 rings (SSSR count). The zero-order valence-corrected chi connectivity index (χ0v) is 24.8. The largest absolute Gasteiger partial charge is 0.579 e. The van der Waals surface area contributed by atoms with E-state index in [0.29, 0.717) is 13.1 Å². The summed E-state index contributed by atoms with van der Waals surface area (Å²) in [5.41, 5.74) is -8.35. The summed E-state index contributed by atoms with van der Waals surface area (Å²) in [5, 5.41) is 0. The molecule has 0 unspecified atom stereocenters. The number of nitrogens with zero attached hydrogens (tertiary/aromatic N) is 2. The summed E-state index contributed by atoms with van der Waals surface area (Å²) in [4.78, 5) is 1.82. The quantitative estimate of drug-likeness (QED) is 0.0646. The van der Waals surface area contributed by atoms with Crippen molar-refractivity contribution in [3.05, 3.63) is 87.3 Å². The van der Waals surface area contributed by atoms with E-state index in [1.54, 1.807) is 28.2 Å². The van der Waals surface area contributed by atoms with Gasteiger partial charge in [0.05, 0.1) is 27.2 Å². The summed E-state index contributed by atoms with van der Waals surface area (Å²) in [7, 11) is 6.95. The number of benzene rings is 3. The Morgan fingerprint density at radius 2 is 0.723 bits per heavy atom. The zero-order valence-electron chi connectivity index (χ0n) is 24.8. The maximum Gasteiger partial charge on any atom is 0.216 e. The Morgan fingerprint density at radius 1 is 0.447 bits per heavy atom. The molecule has 0 aliphatic carbocycles. The lowest BCUT2D eigenvalue weighted by Gasteiger charge is -2.44. The first-order valence-corrected chi connectivity index (χ1v) is 13.5. The molecule has 3 nitrogen and oxygen atoms in total. The Balaban J connectivity index is 2.49. The van der Waals surface area contributed by atoms with Gasteiger partial charge in [0.25, 0.3) is 0 Å². The smallest absolute Gasteiger partial charge is 0.216 e. The molecule has 0 fully saturated rings. The maximum absolute atomic E-state index is 15.4. The first-order chi connectivity index (χ1) is 21.6. The minimum Gasteiger partial charge on any atom is -0.579 e. The molecule has 0 atom stereocenters. The molecule has 19 heteroatoms. The van der Waals surface area contributed by atoms with Gasteiger partial charge in [0.1, 0.15) is 34.9 Å². The van der Waals surface area contributed by atoms with E-state index >= 15 is 26.3 Å². The third-order valence-corrected chi connectivity index (χ3v) is 7.63. The molecule has 0 aromatic heterocycles. The molecule has 0 saturated carbocycles. The van der Waals surface area contributed by atoms with Crippen molar-refractivity contribution >= 4 is 22.7 Å². The molecule has 0 saturated heterocycles. The standard InChI is InChI=1S/C28H24BF15N2O/c1-45(2)7-9-46(3,4)8-5-6-10-47-29(11-14(30)20(36)26(42)21(37)15(11)31,12-16(32)22(38)27(43)23(39)17(12)33)13-18(34)24(40)28(44)25(41)19(13)35/h5-10H2,1-4H3. The van der Waals surface area contributed by atoms with Crippen LogP contribution in [0.3, 0.4) is 0 Å². The number of hydrogen-bond donors (Lipinski definition) is 0. The van der Waals surface area contributed by atoms with Crippen LogP contribution >= 0.6 is 0 Å². The van der Waals surface area contributed by atoms with Crippen LogP contribution in [-0.2, 0) is 4.65 Å². The van der Waals surface area contributed by atoms with E-state index in [1.807, 2.05) is 4.90 Å². The third-order valence-electron chi connectivity index (χ3n) is 7.63. The van der Waals surface area contributed by atoms with Crippen LogP contribution in [0.15, 0.2) is 0 Å². The zero-order chi connectivity index (χ0) is 35.9. The van der Waals surface area contributed by atoms with Crippen LogP contribution in [0.2, 0.25) is 0 Å². The number of halogens is 15. The molecule has 0 amide bonds. The van der Waals surface area contributed by atoms with Crippen LogP contribution in [0.25, 0.3) is 0 Å². The van der Waals surface area contributed by atoms with E-state index in [2.05, 4.69) is 0 Å². The summed E-state index contributed by atoms with van der Waals surface area (Å²) in [6.45, 7) is -0.0329. The average molecular weight is 700 g/mol. The van der Waals surface area contributed by atoms with Gasteiger partial charge in [0.15, 0.2) is 52.4 Å². The highest BCUT2D eigenvalue weighted by atomic mass is 19.2. The highest BCUT2D eigenvalue weighted by molar-refractivity contribution is 7.07. The Morgan fingerprint density at radius 3 is 1.00 bits per heavy atom. The fourth-order valence-electron chi connectivity index (χ4n) is 5.10. The van der Waals surface area contributed by atoms with E-state index in [9.17, 15) is 39.5 Å². The van der Waals surface area contributed by atoms with Gasteiger partial charge in [0.2, 0.25) is 6.35 Å². The molecule has 260 valence electrons. The van der Waals surface area contributed by atoms with Crippen molar-refractivity contribution in [2.75, 3.05) is 54.4 Å². The summed E-state index contributed by atoms with van der Waals surface area (Å²) in [5.74, 6) is -46.0. The molecular formula is C28H24BF15N2O. The van der Waals surface area contributed by atoms with Crippen molar-refractivity contribution < 1.29 is 75.0 Å². The summed E-state index contributed by atoms with van der Waals surface area (Å²) >= 11 is 0. The molecule has 0 heterocycles. The topological polar surface area (TPSA) is 12.5 Å². The molecule has 0 spiro atoms. The minimum absolute atomic E-state index is 0.0437. The van der Waals surface area contributed by atoms with Crippen molar-refractivity contribution in [2.24, 2.45) is 0 Å². The second kappa shape index (κ2) is 14.0.